The van der Waals surface area contributed by atoms with Gasteiger partial charge in [-0.25, -0.2) is 23.5 Å². The van der Waals surface area contributed by atoms with Gasteiger partial charge in [0.1, 0.15) is 23.1 Å². The SMILES string of the molecule is CNc1ccc(-c2ccnc3c2cc(CN2CC=C(c4c(F)cc(C(=O)OC)cc4F)CC2)n3C)cn1. The van der Waals surface area contributed by atoms with Gasteiger partial charge in [0, 0.05) is 68.3 Å². The summed E-state index contributed by atoms with van der Waals surface area (Å²) in [6.07, 6.45) is 5.99. The second-order valence-electron chi connectivity index (χ2n) is 8.99. The van der Waals surface area contributed by atoms with E-state index in [1.807, 2.05) is 44.6 Å². The Morgan fingerprint density at radius 1 is 1.14 bits per heavy atom. The van der Waals surface area contributed by atoms with Gasteiger partial charge in [0.25, 0.3) is 0 Å². The van der Waals surface area contributed by atoms with Crippen LogP contribution in [-0.4, -0.2) is 52.7 Å². The topological polar surface area (TPSA) is 72.3 Å². The van der Waals surface area contributed by atoms with Crippen molar-refractivity contribution >= 4 is 28.4 Å². The number of methoxy groups -OCH3 is 1. The van der Waals surface area contributed by atoms with E-state index in [1.165, 1.54) is 7.11 Å². The van der Waals surface area contributed by atoms with Crippen LogP contribution in [0.1, 0.15) is 28.0 Å². The van der Waals surface area contributed by atoms with Gasteiger partial charge in [0.15, 0.2) is 0 Å². The molecule has 7 nitrogen and oxygen atoms in total. The first kappa shape index (κ1) is 24.6. The lowest BCUT2D eigenvalue weighted by Gasteiger charge is -2.27. The molecule has 0 saturated heterocycles. The molecule has 0 unspecified atom stereocenters. The fraction of sp³-hybridized carbons (Fsp3) is 0.250. The number of fused-ring (bicyclic) bond motifs is 1. The molecule has 0 aliphatic carbocycles. The summed E-state index contributed by atoms with van der Waals surface area (Å²) in [5.41, 5.74) is 4.42. The van der Waals surface area contributed by atoms with Crippen molar-refractivity contribution in [1.29, 1.82) is 0 Å². The van der Waals surface area contributed by atoms with E-state index in [9.17, 15) is 13.6 Å². The highest BCUT2D eigenvalue weighted by molar-refractivity contribution is 5.94. The van der Waals surface area contributed by atoms with Crippen LogP contribution in [0.4, 0.5) is 14.6 Å². The van der Waals surface area contributed by atoms with E-state index in [0.717, 1.165) is 45.8 Å². The zero-order valence-corrected chi connectivity index (χ0v) is 20.9. The Bertz CT molecular complexity index is 1490. The minimum atomic E-state index is -0.771. The van der Waals surface area contributed by atoms with E-state index in [2.05, 4.69) is 35.6 Å². The second-order valence-corrected chi connectivity index (χ2v) is 8.99. The number of pyridine rings is 2. The summed E-state index contributed by atoms with van der Waals surface area (Å²) >= 11 is 0. The van der Waals surface area contributed by atoms with E-state index in [-0.39, 0.29) is 11.1 Å². The molecule has 37 heavy (non-hydrogen) atoms. The van der Waals surface area contributed by atoms with Crippen molar-refractivity contribution < 1.29 is 18.3 Å². The summed E-state index contributed by atoms with van der Waals surface area (Å²) in [6.45, 7) is 1.85. The first-order chi connectivity index (χ1) is 17.9. The number of aromatic nitrogens is 3. The fourth-order valence-electron chi connectivity index (χ4n) is 4.80. The molecule has 190 valence electrons. The number of hydrogen-bond acceptors (Lipinski definition) is 6. The molecule has 0 radical (unpaired) electrons. The Labute approximate surface area is 213 Å². The maximum absolute atomic E-state index is 14.7. The van der Waals surface area contributed by atoms with Crippen molar-refractivity contribution in [3.8, 4) is 11.1 Å². The number of carbonyl (C=O) groups excluding carboxylic acids is 1. The molecule has 4 aromatic rings. The minimum absolute atomic E-state index is 0.0800. The largest absolute Gasteiger partial charge is 0.465 e. The first-order valence-corrected chi connectivity index (χ1v) is 12.0. The summed E-state index contributed by atoms with van der Waals surface area (Å²) in [5, 5.41) is 4.08. The van der Waals surface area contributed by atoms with Gasteiger partial charge in [0.2, 0.25) is 0 Å². The molecular formula is C28H27F2N5O2. The predicted octanol–water partition coefficient (Wildman–Crippen LogP) is 5.03. The van der Waals surface area contributed by atoms with E-state index < -0.39 is 17.6 Å². The third-order valence-electron chi connectivity index (χ3n) is 6.82. The van der Waals surface area contributed by atoms with Crippen LogP contribution < -0.4 is 5.32 Å². The number of aryl methyl sites for hydroxylation is 1. The van der Waals surface area contributed by atoms with E-state index in [4.69, 9.17) is 0 Å². The van der Waals surface area contributed by atoms with Crippen molar-refractivity contribution in [2.24, 2.45) is 7.05 Å². The van der Waals surface area contributed by atoms with E-state index in [0.29, 0.717) is 31.6 Å². The first-order valence-electron chi connectivity index (χ1n) is 12.0. The standard InChI is InChI=1S/C28H27F2N5O2/c1-31-25-5-4-18(15-33-25)21-6-9-32-27-22(21)14-20(34(27)2)16-35-10-7-17(8-11-35)26-23(29)12-19(13-24(26)30)28(36)37-3/h4-7,9,12-15H,8,10-11,16H2,1-3H3,(H,31,33). The van der Waals surface area contributed by atoms with Crippen LogP contribution >= 0.6 is 0 Å². The molecule has 9 heteroatoms. The number of nitrogens with one attached hydrogen (secondary N) is 1. The molecular weight excluding hydrogens is 476 g/mol. The zero-order chi connectivity index (χ0) is 26.1. The van der Waals surface area contributed by atoms with Crippen LogP contribution in [-0.2, 0) is 18.3 Å². The lowest BCUT2D eigenvalue weighted by Crippen LogP contribution is -2.29. The van der Waals surface area contributed by atoms with Crippen LogP contribution in [0.15, 0.2) is 54.9 Å². The van der Waals surface area contributed by atoms with Gasteiger partial charge in [-0.15, -0.1) is 0 Å². The van der Waals surface area contributed by atoms with Crippen LogP contribution in [0.5, 0.6) is 0 Å². The van der Waals surface area contributed by atoms with E-state index >= 15 is 0 Å². The molecule has 0 amide bonds. The van der Waals surface area contributed by atoms with Gasteiger partial charge in [-0.3, -0.25) is 4.90 Å². The quantitative estimate of drug-likeness (QED) is 0.372. The van der Waals surface area contributed by atoms with Crippen molar-refractivity contribution in [1.82, 2.24) is 19.4 Å². The number of esters is 1. The molecule has 0 spiro atoms. The average Bonchev–Trinajstić information content (AvgIpc) is 3.23. The molecule has 0 atom stereocenters. The van der Waals surface area contributed by atoms with Gasteiger partial charge in [-0.2, -0.15) is 0 Å². The van der Waals surface area contributed by atoms with Crippen LogP contribution in [0.25, 0.3) is 27.7 Å². The molecule has 0 fully saturated rings. The van der Waals surface area contributed by atoms with Crippen molar-refractivity contribution in [3.63, 3.8) is 0 Å². The van der Waals surface area contributed by atoms with Crippen molar-refractivity contribution in [2.45, 2.75) is 13.0 Å². The Balaban J connectivity index is 1.37. The third kappa shape index (κ3) is 4.70. The van der Waals surface area contributed by atoms with Crippen molar-refractivity contribution in [2.75, 3.05) is 32.6 Å². The molecule has 1 aliphatic heterocycles. The molecule has 5 rings (SSSR count). The van der Waals surface area contributed by atoms with Gasteiger partial charge in [-0.05, 0) is 54.0 Å². The summed E-state index contributed by atoms with van der Waals surface area (Å²) in [4.78, 5) is 22.9. The Kier molecular flexibility index (Phi) is 6.71. The normalized spacial score (nSPS) is 14.0. The van der Waals surface area contributed by atoms with E-state index in [1.54, 1.807) is 6.20 Å². The highest BCUT2D eigenvalue weighted by atomic mass is 19.1. The zero-order valence-electron chi connectivity index (χ0n) is 20.9. The number of ether oxygens (including phenoxy) is 1. The molecule has 3 aromatic heterocycles. The Hall–Kier alpha value is -4.11. The maximum Gasteiger partial charge on any atom is 0.338 e. The highest BCUT2D eigenvalue weighted by Crippen LogP contribution is 2.32. The lowest BCUT2D eigenvalue weighted by molar-refractivity contribution is 0.0599. The summed E-state index contributed by atoms with van der Waals surface area (Å²) < 4.78 is 36.1. The molecule has 1 N–H and O–H groups in total. The van der Waals surface area contributed by atoms with Gasteiger partial charge >= 0.3 is 5.97 Å². The third-order valence-corrected chi connectivity index (χ3v) is 6.82. The smallest absolute Gasteiger partial charge is 0.338 e. The molecule has 4 heterocycles. The van der Waals surface area contributed by atoms with Crippen LogP contribution in [0.2, 0.25) is 0 Å². The number of anilines is 1. The number of rotatable bonds is 6. The van der Waals surface area contributed by atoms with Gasteiger partial charge < -0.3 is 14.6 Å². The second kappa shape index (κ2) is 10.1. The number of carbonyl (C=O) groups is 1. The maximum atomic E-state index is 14.7. The molecule has 1 aliphatic rings. The average molecular weight is 504 g/mol. The van der Waals surface area contributed by atoms with Gasteiger partial charge in [0.05, 0.1) is 12.7 Å². The molecule has 1 aromatic carbocycles. The summed E-state index contributed by atoms with van der Waals surface area (Å²) in [6, 6.07) is 10.2. The molecule has 0 bridgehead atoms. The number of hydrogen-bond donors (Lipinski definition) is 1. The number of halogens is 2. The predicted molar refractivity (Wildman–Crippen MR) is 139 cm³/mol. The number of benzene rings is 1. The van der Waals surface area contributed by atoms with Crippen LogP contribution in [0.3, 0.4) is 0 Å². The Morgan fingerprint density at radius 2 is 1.92 bits per heavy atom. The molecule has 0 saturated carbocycles. The van der Waals surface area contributed by atoms with Gasteiger partial charge in [-0.1, -0.05) is 6.08 Å². The summed E-state index contributed by atoms with van der Waals surface area (Å²) in [7, 11) is 5.01. The fourth-order valence-corrected chi connectivity index (χ4v) is 4.80. The summed E-state index contributed by atoms with van der Waals surface area (Å²) in [5.74, 6) is -1.49. The highest BCUT2D eigenvalue weighted by Gasteiger charge is 2.22. The number of nitrogens with zero attached hydrogens (tertiary/aromatic N) is 4. The minimum Gasteiger partial charge on any atom is -0.465 e. The Morgan fingerprint density at radius 3 is 2.54 bits per heavy atom. The van der Waals surface area contributed by atoms with Crippen LogP contribution in [0, 0.1) is 11.6 Å². The van der Waals surface area contributed by atoms with Crippen molar-refractivity contribution in [3.05, 3.63) is 83.3 Å². The monoisotopic (exact) mass is 503 g/mol. The lowest BCUT2D eigenvalue weighted by atomic mass is 9.97.